The molecule has 0 fully saturated rings. The third kappa shape index (κ3) is 2.24. The molecule has 0 aliphatic carbocycles. The molecule has 0 saturated heterocycles. The standard InChI is InChI=1S/C3H5F2IO2S/c1-6-3(4,5)9(2,7)8/h1H2,2H3. The zero-order valence-corrected chi connectivity index (χ0v) is 7.54. The SMILES string of the molecule is C=IC(F)(F)S(C)(=O)=O. The van der Waals surface area contributed by atoms with Crippen molar-refractivity contribution in [2.45, 2.75) is 3.26 Å². The van der Waals surface area contributed by atoms with Gasteiger partial charge in [0.25, 0.3) is 0 Å². The van der Waals surface area contributed by atoms with Crippen LogP contribution in [0.2, 0.25) is 0 Å². The highest BCUT2D eigenvalue weighted by Crippen LogP contribution is 2.32. The van der Waals surface area contributed by atoms with Crippen LogP contribution in [-0.4, -0.2) is 22.4 Å². The molecule has 0 heterocycles. The summed E-state index contributed by atoms with van der Waals surface area (Å²) in [4.78, 5) is 0. The zero-order valence-electron chi connectivity index (χ0n) is 4.57. The Labute approximate surface area is 61.9 Å². The molecular weight excluding hydrogens is 265 g/mol. The van der Waals surface area contributed by atoms with Crippen LogP contribution in [0, 0.1) is 0 Å². The summed E-state index contributed by atoms with van der Waals surface area (Å²) in [6, 6.07) is 0. The maximum atomic E-state index is 12.1. The Bertz CT molecular complexity index is 208. The van der Waals surface area contributed by atoms with E-state index in [0.717, 1.165) is 0 Å². The molecule has 0 radical (unpaired) electrons. The molecule has 0 atom stereocenters. The minimum absolute atomic E-state index is 0.512. The van der Waals surface area contributed by atoms with Gasteiger partial charge in [0.05, 0.1) is 0 Å². The van der Waals surface area contributed by atoms with Crippen LogP contribution >= 0.6 is 20.7 Å². The number of hydrogen-bond acceptors (Lipinski definition) is 2. The second-order valence-electron chi connectivity index (χ2n) is 1.35. The number of rotatable bonds is 2. The first-order chi connectivity index (χ1) is 3.81. The third-order valence-electron chi connectivity index (χ3n) is 0.576. The molecule has 56 valence electrons. The lowest BCUT2D eigenvalue weighted by molar-refractivity contribution is 0.216. The Balaban J connectivity index is 4.77. The molecule has 0 N–H and O–H groups in total. The van der Waals surface area contributed by atoms with Crippen molar-refractivity contribution >= 4 is 35.1 Å². The van der Waals surface area contributed by atoms with Crippen molar-refractivity contribution in [3.8, 4) is 0 Å². The minimum Gasteiger partial charge on any atom is -0.222 e. The normalized spacial score (nSPS) is 13.7. The van der Waals surface area contributed by atoms with E-state index < -0.39 is 33.8 Å². The van der Waals surface area contributed by atoms with Crippen LogP contribution in [-0.2, 0) is 9.84 Å². The van der Waals surface area contributed by atoms with Crippen molar-refractivity contribution in [2.75, 3.05) is 6.26 Å². The van der Waals surface area contributed by atoms with Crippen LogP contribution < -0.4 is 0 Å². The number of alkyl halides is 3. The van der Waals surface area contributed by atoms with E-state index in [0.29, 0.717) is 6.26 Å². The molecule has 0 spiro atoms. The third-order valence-corrected chi connectivity index (χ3v) is 5.44. The van der Waals surface area contributed by atoms with Gasteiger partial charge in [-0.25, -0.2) is 8.42 Å². The maximum Gasteiger partial charge on any atom is 0.388 e. The highest BCUT2D eigenvalue weighted by molar-refractivity contribution is 14.2. The van der Waals surface area contributed by atoms with E-state index in [4.69, 9.17) is 0 Å². The topological polar surface area (TPSA) is 34.1 Å². The summed E-state index contributed by atoms with van der Waals surface area (Å²) >= 11 is -1.80. The Morgan fingerprint density at radius 3 is 1.89 bits per heavy atom. The number of sulfone groups is 1. The first kappa shape index (κ1) is 9.41. The van der Waals surface area contributed by atoms with Gasteiger partial charge in [0.1, 0.15) is 0 Å². The van der Waals surface area contributed by atoms with Crippen molar-refractivity contribution in [2.24, 2.45) is 0 Å². The van der Waals surface area contributed by atoms with Gasteiger partial charge in [0.2, 0.25) is 9.84 Å². The van der Waals surface area contributed by atoms with E-state index in [1.807, 2.05) is 0 Å². The number of hydrogen-bond donors (Lipinski definition) is 0. The Morgan fingerprint density at radius 1 is 1.56 bits per heavy atom. The van der Waals surface area contributed by atoms with Gasteiger partial charge in [-0.2, -0.15) is 8.78 Å². The summed E-state index contributed by atoms with van der Waals surface area (Å²) in [7, 11) is -4.20. The predicted molar refractivity (Wildman–Crippen MR) is 40.9 cm³/mol. The van der Waals surface area contributed by atoms with Gasteiger partial charge < -0.3 is 0 Å². The largest absolute Gasteiger partial charge is 0.388 e. The van der Waals surface area contributed by atoms with Crippen LogP contribution in [0.15, 0.2) is 0 Å². The second kappa shape index (κ2) is 2.57. The summed E-state index contributed by atoms with van der Waals surface area (Å²) in [5.41, 5.74) is 0. The van der Waals surface area contributed by atoms with Crippen molar-refractivity contribution in [3.05, 3.63) is 0 Å². The Morgan fingerprint density at radius 2 is 1.89 bits per heavy atom. The predicted octanol–water partition coefficient (Wildman–Crippen LogP) is 0.984. The lowest BCUT2D eigenvalue weighted by Gasteiger charge is -2.05. The van der Waals surface area contributed by atoms with E-state index >= 15 is 0 Å². The fourth-order valence-electron chi connectivity index (χ4n) is 0.0991. The van der Waals surface area contributed by atoms with Crippen LogP contribution in [0.25, 0.3) is 0 Å². The molecule has 0 rings (SSSR count). The summed E-state index contributed by atoms with van der Waals surface area (Å²) in [5.74, 6) is 0. The van der Waals surface area contributed by atoms with Crippen LogP contribution in [0.5, 0.6) is 0 Å². The van der Waals surface area contributed by atoms with Crippen molar-refractivity contribution < 1.29 is 17.2 Å². The van der Waals surface area contributed by atoms with Crippen LogP contribution in [0.1, 0.15) is 0 Å². The van der Waals surface area contributed by atoms with Crippen molar-refractivity contribution in [3.63, 3.8) is 0 Å². The Hall–Kier alpha value is 0.410. The Kier molecular flexibility index (Phi) is 2.68. The van der Waals surface area contributed by atoms with E-state index in [1.54, 1.807) is 0 Å². The summed E-state index contributed by atoms with van der Waals surface area (Å²) in [6.45, 7) is 0. The van der Waals surface area contributed by atoms with Gasteiger partial charge >= 0.3 is 3.26 Å². The van der Waals surface area contributed by atoms with Gasteiger partial charge in [-0.05, 0) is 20.7 Å². The summed E-state index contributed by atoms with van der Waals surface area (Å²) in [6.07, 6.45) is 0.512. The quantitative estimate of drug-likeness (QED) is 0.553. The van der Waals surface area contributed by atoms with E-state index in [1.165, 1.54) is 0 Å². The van der Waals surface area contributed by atoms with Gasteiger partial charge in [-0.3, -0.25) is 0 Å². The first-order valence-corrected chi connectivity index (χ1v) is 6.28. The molecule has 2 nitrogen and oxygen atoms in total. The average molecular weight is 270 g/mol. The molecule has 0 aromatic carbocycles. The van der Waals surface area contributed by atoms with E-state index in [-0.39, 0.29) is 0 Å². The van der Waals surface area contributed by atoms with Gasteiger partial charge in [0, 0.05) is 6.26 Å². The summed E-state index contributed by atoms with van der Waals surface area (Å²) < 4.78 is 43.7. The van der Waals surface area contributed by atoms with Crippen molar-refractivity contribution in [1.29, 1.82) is 0 Å². The first-order valence-electron chi connectivity index (χ1n) is 1.78. The highest BCUT2D eigenvalue weighted by Gasteiger charge is 2.38. The molecule has 0 unspecified atom stereocenters. The molecule has 0 aromatic heterocycles. The van der Waals surface area contributed by atoms with Gasteiger partial charge in [-0.1, -0.05) is 4.51 Å². The van der Waals surface area contributed by atoms with Gasteiger partial charge in [0.15, 0.2) is 0 Å². The second-order valence-corrected chi connectivity index (χ2v) is 6.26. The fourth-order valence-corrected chi connectivity index (χ4v) is 1.99. The average Bonchev–Trinajstić information content (AvgIpc) is 1.64. The molecule has 0 bridgehead atoms. The lowest BCUT2D eigenvalue weighted by Crippen LogP contribution is -2.19. The van der Waals surface area contributed by atoms with Gasteiger partial charge in [-0.15, -0.1) is 0 Å². The molecule has 6 heteroatoms. The van der Waals surface area contributed by atoms with E-state index in [2.05, 4.69) is 4.51 Å². The highest BCUT2D eigenvalue weighted by atomic mass is 127. The minimum atomic E-state index is -4.20. The molecule has 0 aliphatic heterocycles. The maximum absolute atomic E-state index is 12.1. The van der Waals surface area contributed by atoms with Crippen LogP contribution in [0.4, 0.5) is 8.78 Å². The zero-order chi connectivity index (χ0) is 7.71. The molecule has 0 aliphatic rings. The van der Waals surface area contributed by atoms with E-state index in [9.17, 15) is 17.2 Å². The van der Waals surface area contributed by atoms with Crippen molar-refractivity contribution in [1.82, 2.24) is 0 Å². The summed E-state index contributed by atoms with van der Waals surface area (Å²) in [5, 5.41) is 0. The molecule has 0 aromatic rings. The molecule has 9 heavy (non-hydrogen) atoms. The molecule has 0 amide bonds. The van der Waals surface area contributed by atoms with Crippen LogP contribution in [0.3, 0.4) is 0 Å². The molecule has 0 saturated carbocycles. The number of halogens is 3. The lowest BCUT2D eigenvalue weighted by atomic mass is 11.7. The monoisotopic (exact) mass is 270 g/mol. The fraction of sp³-hybridized carbons (Fsp3) is 0.667. The molecular formula is C3H5F2IO2S. The smallest absolute Gasteiger partial charge is 0.222 e.